The molecule has 4 heteroatoms. The van der Waals surface area contributed by atoms with Crippen LogP contribution in [0.5, 0.6) is 0 Å². The molecular formula is C15H21ClN2S. The number of anilines is 1. The van der Waals surface area contributed by atoms with Gasteiger partial charge in [-0.15, -0.1) is 0 Å². The molecular weight excluding hydrogens is 276 g/mol. The first-order chi connectivity index (χ1) is 9.24. The normalized spacial score (nSPS) is 22.7. The molecule has 3 rings (SSSR count). The van der Waals surface area contributed by atoms with E-state index in [-0.39, 0.29) is 0 Å². The molecule has 1 aromatic rings. The summed E-state index contributed by atoms with van der Waals surface area (Å²) in [6.45, 7) is 0.938. The third-order valence-electron chi connectivity index (χ3n) is 4.02. The third-order valence-corrected chi connectivity index (χ3v) is 5.47. The lowest BCUT2D eigenvalue weighted by atomic mass is 10.1. The second-order valence-electron chi connectivity index (χ2n) is 5.57. The summed E-state index contributed by atoms with van der Waals surface area (Å²) in [7, 11) is 2.17. The summed E-state index contributed by atoms with van der Waals surface area (Å²) in [5.74, 6) is 2.49. The highest BCUT2D eigenvalue weighted by Crippen LogP contribution is 2.31. The Hall–Kier alpha value is -0.380. The Labute approximate surface area is 124 Å². The molecule has 1 aromatic carbocycles. The van der Waals surface area contributed by atoms with Crippen LogP contribution in [0.15, 0.2) is 18.2 Å². The molecule has 0 radical (unpaired) electrons. The maximum absolute atomic E-state index is 6.46. The van der Waals surface area contributed by atoms with Crippen LogP contribution >= 0.6 is 23.4 Å². The molecule has 1 N–H and O–H groups in total. The summed E-state index contributed by atoms with van der Waals surface area (Å²) in [5.41, 5.74) is 2.46. The summed E-state index contributed by atoms with van der Waals surface area (Å²) in [4.78, 5) is 2.35. The number of benzene rings is 1. The second-order valence-corrected chi connectivity index (χ2v) is 7.13. The first-order valence-electron chi connectivity index (χ1n) is 7.06. The number of thioether (sulfide) groups is 1. The first kappa shape index (κ1) is 13.6. The van der Waals surface area contributed by atoms with Crippen molar-refractivity contribution >= 4 is 29.1 Å². The van der Waals surface area contributed by atoms with Crippen molar-refractivity contribution in [1.29, 1.82) is 0 Å². The molecule has 1 heterocycles. The van der Waals surface area contributed by atoms with E-state index < -0.39 is 0 Å². The van der Waals surface area contributed by atoms with Gasteiger partial charge in [0.1, 0.15) is 0 Å². The van der Waals surface area contributed by atoms with Crippen molar-refractivity contribution in [3.63, 3.8) is 0 Å². The topological polar surface area (TPSA) is 15.3 Å². The summed E-state index contributed by atoms with van der Waals surface area (Å²) in [5, 5.41) is 4.41. The van der Waals surface area contributed by atoms with Gasteiger partial charge in [-0.2, -0.15) is 11.8 Å². The molecule has 1 saturated heterocycles. The summed E-state index contributed by atoms with van der Waals surface area (Å²) < 4.78 is 0. The summed E-state index contributed by atoms with van der Waals surface area (Å²) >= 11 is 8.50. The average molecular weight is 297 g/mol. The average Bonchev–Trinajstić information content (AvgIpc) is 3.07. The molecule has 2 aliphatic rings. The van der Waals surface area contributed by atoms with Crippen LogP contribution in [0.4, 0.5) is 5.69 Å². The Bertz CT molecular complexity index is 442. The minimum absolute atomic E-state index is 0.637. The van der Waals surface area contributed by atoms with E-state index in [0.29, 0.717) is 6.04 Å². The van der Waals surface area contributed by atoms with Gasteiger partial charge in [0, 0.05) is 31.4 Å². The van der Waals surface area contributed by atoms with Gasteiger partial charge in [0.25, 0.3) is 0 Å². The van der Waals surface area contributed by atoms with Crippen LogP contribution < -0.4 is 10.2 Å². The lowest BCUT2D eigenvalue weighted by Crippen LogP contribution is -2.31. The van der Waals surface area contributed by atoms with E-state index in [1.54, 1.807) is 0 Å². The van der Waals surface area contributed by atoms with Crippen LogP contribution in [0, 0.1) is 0 Å². The molecule has 1 aliphatic carbocycles. The zero-order valence-corrected chi connectivity index (χ0v) is 12.9. The van der Waals surface area contributed by atoms with Gasteiger partial charge in [0.2, 0.25) is 0 Å². The van der Waals surface area contributed by atoms with Crippen molar-refractivity contribution in [3.05, 3.63) is 28.8 Å². The fourth-order valence-corrected chi connectivity index (χ4v) is 4.12. The van der Waals surface area contributed by atoms with E-state index in [2.05, 4.69) is 35.5 Å². The molecule has 1 atom stereocenters. The highest BCUT2D eigenvalue weighted by atomic mass is 35.5. The van der Waals surface area contributed by atoms with Crippen molar-refractivity contribution in [3.8, 4) is 0 Å². The van der Waals surface area contributed by atoms with Gasteiger partial charge >= 0.3 is 0 Å². The second kappa shape index (κ2) is 5.94. The number of halogens is 1. The fraction of sp³-hybridized carbons (Fsp3) is 0.600. The Morgan fingerprint density at radius 3 is 2.84 bits per heavy atom. The molecule has 0 aromatic heterocycles. The molecule has 1 aliphatic heterocycles. The van der Waals surface area contributed by atoms with E-state index in [9.17, 15) is 0 Å². The molecule has 0 amide bonds. The Balaban J connectivity index is 1.67. The molecule has 104 valence electrons. The van der Waals surface area contributed by atoms with Gasteiger partial charge < -0.3 is 10.2 Å². The number of nitrogens with one attached hydrogen (secondary N) is 1. The maximum atomic E-state index is 6.46. The smallest absolute Gasteiger partial charge is 0.0642 e. The quantitative estimate of drug-likeness (QED) is 0.895. The van der Waals surface area contributed by atoms with E-state index in [4.69, 9.17) is 11.6 Å². The Morgan fingerprint density at radius 1 is 1.37 bits per heavy atom. The first-order valence-corrected chi connectivity index (χ1v) is 8.59. The van der Waals surface area contributed by atoms with Crippen molar-refractivity contribution in [2.24, 2.45) is 0 Å². The number of hydrogen-bond acceptors (Lipinski definition) is 3. The molecule has 2 fully saturated rings. The van der Waals surface area contributed by atoms with Crippen molar-refractivity contribution in [2.45, 2.75) is 37.9 Å². The Kier molecular flexibility index (Phi) is 4.25. The van der Waals surface area contributed by atoms with Gasteiger partial charge in [0.05, 0.1) is 10.7 Å². The predicted octanol–water partition coefficient (Wildman–Crippen LogP) is 3.53. The minimum Gasteiger partial charge on any atom is -0.370 e. The molecule has 19 heavy (non-hydrogen) atoms. The molecule has 1 saturated carbocycles. The molecule has 0 bridgehead atoms. The lowest BCUT2D eigenvalue weighted by Gasteiger charge is -2.27. The summed E-state index contributed by atoms with van der Waals surface area (Å²) in [6, 6.07) is 7.88. The number of rotatable bonds is 5. The highest BCUT2D eigenvalue weighted by molar-refractivity contribution is 7.99. The van der Waals surface area contributed by atoms with Gasteiger partial charge in [0.15, 0.2) is 0 Å². The standard InChI is InChI=1S/C15H21ClN2S/c1-18(13-6-7-19-10-13)15-5-2-11(8-14(15)16)9-17-12-3-4-12/h2,5,8,12-13,17H,3-4,6-7,9-10H2,1H3. The van der Waals surface area contributed by atoms with E-state index in [0.717, 1.165) is 17.6 Å². The van der Waals surface area contributed by atoms with E-state index in [1.165, 1.54) is 42.0 Å². The minimum atomic E-state index is 0.637. The van der Waals surface area contributed by atoms with Crippen molar-refractivity contribution in [1.82, 2.24) is 5.32 Å². The molecule has 2 nitrogen and oxygen atoms in total. The van der Waals surface area contributed by atoms with Gasteiger partial charge in [-0.1, -0.05) is 17.7 Å². The van der Waals surface area contributed by atoms with Crippen LogP contribution in [0.3, 0.4) is 0 Å². The number of hydrogen-bond donors (Lipinski definition) is 1. The van der Waals surface area contributed by atoms with Gasteiger partial charge in [-0.3, -0.25) is 0 Å². The van der Waals surface area contributed by atoms with E-state index >= 15 is 0 Å². The predicted molar refractivity (Wildman–Crippen MR) is 85.4 cm³/mol. The zero-order valence-electron chi connectivity index (χ0n) is 11.4. The van der Waals surface area contributed by atoms with E-state index in [1.807, 2.05) is 11.8 Å². The SMILES string of the molecule is CN(c1ccc(CNC2CC2)cc1Cl)C1CCSC1. The third kappa shape index (κ3) is 3.39. The van der Waals surface area contributed by atoms with Gasteiger partial charge in [-0.05, 0) is 42.7 Å². The van der Waals surface area contributed by atoms with Crippen LogP contribution in [-0.4, -0.2) is 30.6 Å². The van der Waals surface area contributed by atoms with Crippen LogP contribution in [0.2, 0.25) is 5.02 Å². The lowest BCUT2D eigenvalue weighted by molar-refractivity contribution is 0.685. The Morgan fingerprint density at radius 2 is 2.21 bits per heavy atom. The van der Waals surface area contributed by atoms with Gasteiger partial charge in [-0.25, -0.2) is 0 Å². The van der Waals surface area contributed by atoms with Crippen molar-refractivity contribution < 1.29 is 0 Å². The van der Waals surface area contributed by atoms with Crippen LogP contribution in [-0.2, 0) is 6.54 Å². The summed E-state index contributed by atoms with van der Waals surface area (Å²) in [6.07, 6.45) is 3.92. The van der Waals surface area contributed by atoms with Crippen molar-refractivity contribution in [2.75, 3.05) is 23.5 Å². The molecule has 1 unspecified atom stereocenters. The number of nitrogens with zero attached hydrogens (tertiary/aromatic N) is 1. The maximum Gasteiger partial charge on any atom is 0.0642 e. The monoisotopic (exact) mass is 296 g/mol. The highest BCUT2D eigenvalue weighted by Gasteiger charge is 2.22. The van der Waals surface area contributed by atoms with Crippen LogP contribution in [0.25, 0.3) is 0 Å². The molecule has 0 spiro atoms. The zero-order chi connectivity index (χ0) is 13.2. The largest absolute Gasteiger partial charge is 0.370 e. The van der Waals surface area contributed by atoms with Crippen LogP contribution in [0.1, 0.15) is 24.8 Å². The fourth-order valence-electron chi connectivity index (χ4n) is 2.52.